The second kappa shape index (κ2) is 8.25. The van der Waals surface area contributed by atoms with Gasteiger partial charge in [0, 0.05) is 31.1 Å². The van der Waals surface area contributed by atoms with Gasteiger partial charge in [0.2, 0.25) is 0 Å². The van der Waals surface area contributed by atoms with Crippen molar-refractivity contribution < 1.29 is 14.3 Å². The van der Waals surface area contributed by atoms with Gasteiger partial charge in [-0.1, -0.05) is 31.4 Å². The number of rotatable bonds is 7. The first-order valence-electron chi connectivity index (χ1n) is 7.84. The van der Waals surface area contributed by atoms with Gasteiger partial charge in [0.05, 0.1) is 6.61 Å². The number of benzene rings is 1. The van der Waals surface area contributed by atoms with E-state index in [1.54, 1.807) is 12.1 Å². The molecule has 21 heavy (non-hydrogen) atoms. The number of Topliss-reactive ketones (excluding diaryl/α,β-unsaturated/α-hetero) is 1. The van der Waals surface area contributed by atoms with Crippen molar-refractivity contribution in [1.29, 1.82) is 0 Å². The standard InChI is InChI=1S/C17H24FNO2/c18-15-6-4-5-14(13-15)17(21)9-10-19(11-12-20)16-7-2-1-3-8-16/h4-6,13,16,20H,1-3,7-12H2. The Morgan fingerprint density at radius 3 is 2.67 bits per heavy atom. The molecule has 1 saturated carbocycles. The van der Waals surface area contributed by atoms with Crippen LogP contribution in [0.1, 0.15) is 48.9 Å². The van der Waals surface area contributed by atoms with Crippen molar-refractivity contribution in [3.63, 3.8) is 0 Å². The molecule has 0 spiro atoms. The zero-order chi connectivity index (χ0) is 15.1. The Labute approximate surface area is 125 Å². The molecule has 0 unspecified atom stereocenters. The van der Waals surface area contributed by atoms with Gasteiger partial charge in [0.1, 0.15) is 5.82 Å². The van der Waals surface area contributed by atoms with Gasteiger partial charge in [-0.05, 0) is 25.0 Å². The summed E-state index contributed by atoms with van der Waals surface area (Å²) < 4.78 is 13.1. The number of aliphatic hydroxyl groups excluding tert-OH is 1. The summed E-state index contributed by atoms with van der Waals surface area (Å²) in [4.78, 5) is 14.4. The van der Waals surface area contributed by atoms with Crippen molar-refractivity contribution in [3.05, 3.63) is 35.6 Å². The number of carbonyl (C=O) groups is 1. The maximum atomic E-state index is 13.1. The van der Waals surface area contributed by atoms with E-state index in [1.807, 2.05) is 0 Å². The molecule has 1 fully saturated rings. The molecule has 0 saturated heterocycles. The molecule has 0 atom stereocenters. The van der Waals surface area contributed by atoms with Crippen LogP contribution < -0.4 is 0 Å². The molecule has 0 bridgehead atoms. The summed E-state index contributed by atoms with van der Waals surface area (Å²) in [6.45, 7) is 1.37. The monoisotopic (exact) mass is 293 g/mol. The average Bonchev–Trinajstić information content (AvgIpc) is 2.52. The first kappa shape index (κ1) is 16.1. The Morgan fingerprint density at radius 2 is 2.00 bits per heavy atom. The van der Waals surface area contributed by atoms with Crippen molar-refractivity contribution in [2.24, 2.45) is 0 Å². The van der Waals surface area contributed by atoms with Crippen LogP contribution in [0.2, 0.25) is 0 Å². The Morgan fingerprint density at radius 1 is 1.24 bits per heavy atom. The number of hydrogen-bond donors (Lipinski definition) is 1. The molecular weight excluding hydrogens is 269 g/mol. The lowest BCUT2D eigenvalue weighted by Crippen LogP contribution is -2.40. The number of nitrogens with zero attached hydrogens (tertiary/aromatic N) is 1. The summed E-state index contributed by atoms with van der Waals surface area (Å²) in [7, 11) is 0. The van der Waals surface area contributed by atoms with Crippen LogP contribution in [0.25, 0.3) is 0 Å². The molecule has 3 nitrogen and oxygen atoms in total. The smallest absolute Gasteiger partial charge is 0.164 e. The quantitative estimate of drug-likeness (QED) is 0.786. The second-order valence-electron chi connectivity index (χ2n) is 5.73. The highest BCUT2D eigenvalue weighted by atomic mass is 19.1. The van der Waals surface area contributed by atoms with Crippen molar-refractivity contribution in [2.75, 3.05) is 19.7 Å². The Hall–Kier alpha value is -1.26. The van der Waals surface area contributed by atoms with Crippen LogP contribution in [0.15, 0.2) is 24.3 Å². The van der Waals surface area contributed by atoms with E-state index in [0.29, 0.717) is 31.1 Å². The highest BCUT2D eigenvalue weighted by Crippen LogP contribution is 2.22. The lowest BCUT2D eigenvalue weighted by atomic mass is 9.94. The predicted octanol–water partition coefficient (Wildman–Crippen LogP) is 3.03. The van der Waals surface area contributed by atoms with Crippen molar-refractivity contribution >= 4 is 5.78 Å². The minimum Gasteiger partial charge on any atom is -0.395 e. The zero-order valence-electron chi connectivity index (χ0n) is 12.4. The predicted molar refractivity (Wildman–Crippen MR) is 80.9 cm³/mol. The largest absolute Gasteiger partial charge is 0.395 e. The fourth-order valence-electron chi connectivity index (χ4n) is 3.10. The molecular formula is C17H24FNO2. The fraction of sp³-hybridized carbons (Fsp3) is 0.588. The number of ketones is 1. The van der Waals surface area contributed by atoms with E-state index in [1.165, 1.54) is 31.4 Å². The maximum absolute atomic E-state index is 13.1. The Bertz CT molecular complexity index is 458. The van der Waals surface area contributed by atoms with E-state index in [4.69, 9.17) is 0 Å². The summed E-state index contributed by atoms with van der Waals surface area (Å²) in [6, 6.07) is 6.33. The second-order valence-corrected chi connectivity index (χ2v) is 5.73. The van der Waals surface area contributed by atoms with E-state index in [9.17, 15) is 14.3 Å². The average molecular weight is 293 g/mol. The molecule has 0 aliphatic heterocycles. The normalized spacial score (nSPS) is 16.3. The van der Waals surface area contributed by atoms with Crippen LogP contribution >= 0.6 is 0 Å². The van der Waals surface area contributed by atoms with Crippen LogP contribution in [0.3, 0.4) is 0 Å². The Kier molecular flexibility index (Phi) is 6.33. The molecule has 2 rings (SSSR count). The number of halogens is 1. The van der Waals surface area contributed by atoms with E-state index in [0.717, 1.165) is 12.8 Å². The summed E-state index contributed by atoms with van der Waals surface area (Å²) in [6.07, 6.45) is 6.41. The molecule has 1 aromatic rings. The van der Waals surface area contributed by atoms with Gasteiger partial charge in [-0.25, -0.2) is 4.39 Å². The third-order valence-corrected chi connectivity index (χ3v) is 4.25. The molecule has 4 heteroatoms. The van der Waals surface area contributed by atoms with Gasteiger partial charge in [0.15, 0.2) is 5.78 Å². The minimum atomic E-state index is -0.375. The summed E-state index contributed by atoms with van der Waals surface area (Å²) >= 11 is 0. The lowest BCUT2D eigenvalue weighted by Gasteiger charge is -2.33. The van der Waals surface area contributed by atoms with Crippen molar-refractivity contribution in [1.82, 2.24) is 4.90 Å². The number of carbonyl (C=O) groups excluding carboxylic acids is 1. The molecule has 0 heterocycles. The number of hydrogen-bond acceptors (Lipinski definition) is 3. The van der Waals surface area contributed by atoms with Gasteiger partial charge in [-0.2, -0.15) is 0 Å². The van der Waals surface area contributed by atoms with Gasteiger partial charge >= 0.3 is 0 Å². The van der Waals surface area contributed by atoms with Gasteiger partial charge in [-0.3, -0.25) is 9.69 Å². The van der Waals surface area contributed by atoms with Gasteiger partial charge in [-0.15, -0.1) is 0 Å². The molecule has 1 aliphatic rings. The third kappa shape index (κ3) is 4.90. The SMILES string of the molecule is O=C(CCN(CCO)C1CCCCC1)c1cccc(F)c1. The minimum absolute atomic E-state index is 0.0340. The van der Waals surface area contributed by atoms with Gasteiger partial charge < -0.3 is 5.11 Å². The first-order valence-corrected chi connectivity index (χ1v) is 7.84. The van der Waals surface area contributed by atoms with Crippen LogP contribution in [0, 0.1) is 5.82 Å². The van der Waals surface area contributed by atoms with E-state index >= 15 is 0 Å². The van der Waals surface area contributed by atoms with Crippen molar-refractivity contribution in [2.45, 2.75) is 44.6 Å². The molecule has 1 N–H and O–H groups in total. The van der Waals surface area contributed by atoms with Gasteiger partial charge in [0.25, 0.3) is 0 Å². The molecule has 1 aliphatic carbocycles. The molecule has 1 aromatic carbocycles. The van der Waals surface area contributed by atoms with Crippen LogP contribution in [-0.4, -0.2) is 41.5 Å². The highest BCUT2D eigenvalue weighted by molar-refractivity contribution is 5.96. The first-order chi connectivity index (χ1) is 10.2. The van der Waals surface area contributed by atoms with Crippen molar-refractivity contribution in [3.8, 4) is 0 Å². The topological polar surface area (TPSA) is 40.5 Å². The molecule has 0 radical (unpaired) electrons. The molecule has 0 aromatic heterocycles. The van der Waals surface area contributed by atoms with E-state index in [2.05, 4.69) is 4.90 Å². The maximum Gasteiger partial charge on any atom is 0.164 e. The zero-order valence-corrected chi connectivity index (χ0v) is 12.4. The van der Waals surface area contributed by atoms with Crippen LogP contribution in [0.4, 0.5) is 4.39 Å². The highest BCUT2D eigenvalue weighted by Gasteiger charge is 2.21. The third-order valence-electron chi connectivity index (χ3n) is 4.25. The fourth-order valence-corrected chi connectivity index (χ4v) is 3.10. The van der Waals surface area contributed by atoms with E-state index in [-0.39, 0.29) is 18.2 Å². The molecule has 0 amide bonds. The van der Waals surface area contributed by atoms with E-state index < -0.39 is 0 Å². The lowest BCUT2D eigenvalue weighted by molar-refractivity contribution is 0.0903. The van der Waals surface area contributed by atoms with Crippen LogP contribution in [-0.2, 0) is 0 Å². The molecule has 116 valence electrons. The summed E-state index contributed by atoms with van der Waals surface area (Å²) in [5.41, 5.74) is 0.433. The van der Waals surface area contributed by atoms with Crippen LogP contribution in [0.5, 0.6) is 0 Å². The number of aliphatic hydroxyl groups is 1. The Balaban J connectivity index is 1.90. The summed E-state index contributed by atoms with van der Waals surface area (Å²) in [5, 5.41) is 9.21. The summed E-state index contributed by atoms with van der Waals surface area (Å²) in [5.74, 6) is -0.409.